The quantitative estimate of drug-likeness (QED) is 0.779. The number of anilines is 1. The fraction of sp³-hybridized carbons (Fsp3) is 0.389. The summed E-state index contributed by atoms with van der Waals surface area (Å²) in [6.45, 7) is 3.56. The zero-order chi connectivity index (χ0) is 17.7. The SMILES string of the molecule is CCOC(=O)c1cccc(NC(=O)C2(n3cccn3)CCNCC2)c1.Cl. The lowest BCUT2D eigenvalue weighted by Gasteiger charge is -2.36. The molecule has 1 aliphatic rings. The summed E-state index contributed by atoms with van der Waals surface area (Å²) in [7, 11) is 0. The van der Waals surface area contributed by atoms with Crippen molar-refractivity contribution in [3.8, 4) is 0 Å². The van der Waals surface area contributed by atoms with E-state index in [0.717, 1.165) is 13.1 Å². The second-order valence-electron chi connectivity index (χ2n) is 5.99. The van der Waals surface area contributed by atoms with E-state index in [-0.39, 0.29) is 18.3 Å². The van der Waals surface area contributed by atoms with Crippen molar-refractivity contribution in [2.75, 3.05) is 25.0 Å². The molecule has 0 unspecified atom stereocenters. The Balaban J connectivity index is 0.00000243. The molecule has 26 heavy (non-hydrogen) atoms. The first-order valence-electron chi connectivity index (χ1n) is 8.45. The number of hydrogen-bond acceptors (Lipinski definition) is 5. The molecule has 2 aromatic rings. The van der Waals surface area contributed by atoms with Crippen LogP contribution >= 0.6 is 12.4 Å². The molecule has 140 valence electrons. The summed E-state index contributed by atoms with van der Waals surface area (Å²) < 4.78 is 6.74. The van der Waals surface area contributed by atoms with Crippen LogP contribution in [0.3, 0.4) is 0 Å². The third-order valence-electron chi connectivity index (χ3n) is 4.43. The van der Waals surface area contributed by atoms with Gasteiger partial charge in [0.2, 0.25) is 0 Å². The maximum Gasteiger partial charge on any atom is 0.338 e. The van der Waals surface area contributed by atoms with E-state index in [2.05, 4.69) is 15.7 Å². The molecule has 0 radical (unpaired) electrons. The van der Waals surface area contributed by atoms with Crippen LogP contribution in [-0.4, -0.2) is 41.4 Å². The van der Waals surface area contributed by atoms with Crippen LogP contribution in [0.2, 0.25) is 0 Å². The van der Waals surface area contributed by atoms with E-state index >= 15 is 0 Å². The zero-order valence-electron chi connectivity index (χ0n) is 14.6. The first kappa shape index (κ1) is 19.9. The summed E-state index contributed by atoms with van der Waals surface area (Å²) in [4.78, 5) is 25.0. The standard InChI is InChI=1S/C18H22N4O3.ClH/c1-2-25-16(23)14-5-3-6-15(13-14)21-17(24)18(7-10-19-11-8-18)22-12-4-9-20-22;/h3-6,9,12-13,19H,2,7-8,10-11H2,1H3,(H,21,24);1H. The van der Waals surface area contributed by atoms with Gasteiger partial charge in [-0.25, -0.2) is 4.79 Å². The van der Waals surface area contributed by atoms with Crippen LogP contribution in [0.4, 0.5) is 5.69 Å². The van der Waals surface area contributed by atoms with Crippen molar-refractivity contribution in [1.82, 2.24) is 15.1 Å². The second-order valence-corrected chi connectivity index (χ2v) is 5.99. The number of rotatable bonds is 5. The largest absolute Gasteiger partial charge is 0.462 e. The molecule has 0 bridgehead atoms. The molecule has 0 aliphatic carbocycles. The van der Waals surface area contributed by atoms with Crippen molar-refractivity contribution in [2.24, 2.45) is 0 Å². The van der Waals surface area contributed by atoms with Gasteiger partial charge in [0, 0.05) is 18.1 Å². The number of carbonyl (C=O) groups excluding carboxylic acids is 2. The average Bonchev–Trinajstić information content (AvgIpc) is 3.18. The van der Waals surface area contributed by atoms with Gasteiger partial charge in [-0.3, -0.25) is 9.48 Å². The Hall–Kier alpha value is -2.38. The van der Waals surface area contributed by atoms with Gasteiger partial charge < -0.3 is 15.4 Å². The number of nitrogens with one attached hydrogen (secondary N) is 2. The molecule has 1 amide bonds. The van der Waals surface area contributed by atoms with Gasteiger partial charge in [-0.1, -0.05) is 6.07 Å². The number of piperidine rings is 1. The maximum atomic E-state index is 13.1. The molecule has 1 saturated heterocycles. The summed E-state index contributed by atoms with van der Waals surface area (Å²) >= 11 is 0. The van der Waals surface area contributed by atoms with Crippen LogP contribution in [0.15, 0.2) is 42.7 Å². The number of aromatic nitrogens is 2. The number of halogens is 1. The van der Waals surface area contributed by atoms with E-state index in [9.17, 15) is 9.59 Å². The van der Waals surface area contributed by atoms with Crippen LogP contribution in [0.25, 0.3) is 0 Å². The number of nitrogens with zero attached hydrogens (tertiary/aromatic N) is 2. The Morgan fingerprint density at radius 1 is 1.31 bits per heavy atom. The minimum atomic E-state index is -0.727. The molecule has 2 heterocycles. The molecule has 1 aromatic heterocycles. The van der Waals surface area contributed by atoms with Gasteiger partial charge in [0.25, 0.3) is 5.91 Å². The van der Waals surface area contributed by atoms with Crippen molar-refractivity contribution in [3.05, 3.63) is 48.3 Å². The summed E-state index contributed by atoms with van der Waals surface area (Å²) in [5.74, 6) is -0.527. The second kappa shape index (κ2) is 8.82. The van der Waals surface area contributed by atoms with Crippen molar-refractivity contribution in [1.29, 1.82) is 0 Å². The van der Waals surface area contributed by atoms with Gasteiger partial charge in [0.15, 0.2) is 0 Å². The van der Waals surface area contributed by atoms with Crippen LogP contribution < -0.4 is 10.6 Å². The first-order chi connectivity index (χ1) is 12.2. The maximum absolute atomic E-state index is 13.1. The summed E-state index contributed by atoms with van der Waals surface area (Å²) in [6.07, 6.45) is 4.80. The summed E-state index contributed by atoms with van der Waals surface area (Å²) in [5.41, 5.74) is 0.257. The van der Waals surface area contributed by atoms with Crippen LogP contribution in [0.1, 0.15) is 30.1 Å². The van der Waals surface area contributed by atoms with Gasteiger partial charge in [0.05, 0.1) is 12.2 Å². The Morgan fingerprint density at radius 3 is 2.73 bits per heavy atom. The lowest BCUT2D eigenvalue weighted by molar-refractivity contribution is -0.126. The summed E-state index contributed by atoms with van der Waals surface area (Å²) in [6, 6.07) is 8.61. The van der Waals surface area contributed by atoms with E-state index < -0.39 is 11.5 Å². The average molecular weight is 379 g/mol. The van der Waals surface area contributed by atoms with Crippen molar-refractivity contribution in [3.63, 3.8) is 0 Å². The number of amides is 1. The molecular formula is C18H23ClN4O3. The van der Waals surface area contributed by atoms with Gasteiger partial charge in [0.1, 0.15) is 5.54 Å². The smallest absolute Gasteiger partial charge is 0.338 e. The van der Waals surface area contributed by atoms with E-state index in [1.54, 1.807) is 42.1 Å². The molecule has 1 aliphatic heterocycles. The summed E-state index contributed by atoms with van der Waals surface area (Å²) in [5, 5.41) is 10.5. The molecule has 0 saturated carbocycles. The van der Waals surface area contributed by atoms with E-state index in [1.165, 1.54) is 0 Å². The predicted molar refractivity (Wildman–Crippen MR) is 101 cm³/mol. The Bertz CT molecular complexity index is 743. The predicted octanol–water partition coefficient (Wildman–Crippen LogP) is 2.20. The molecule has 1 aromatic carbocycles. The monoisotopic (exact) mass is 378 g/mol. The molecule has 1 fully saturated rings. The first-order valence-corrected chi connectivity index (χ1v) is 8.45. The lowest BCUT2D eigenvalue weighted by atomic mass is 9.87. The van der Waals surface area contributed by atoms with Crippen molar-refractivity contribution >= 4 is 30.0 Å². The topological polar surface area (TPSA) is 85.2 Å². The number of benzene rings is 1. The minimum absolute atomic E-state index is 0. The molecule has 2 N–H and O–H groups in total. The highest BCUT2D eigenvalue weighted by molar-refractivity contribution is 5.98. The third kappa shape index (κ3) is 4.05. The lowest BCUT2D eigenvalue weighted by Crippen LogP contribution is -2.52. The molecule has 0 atom stereocenters. The number of ether oxygens (including phenoxy) is 1. The van der Waals surface area contributed by atoms with Gasteiger partial charge in [-0.15, -0.1) is 12.4 Å². The van der Waals surface area contributed by atoms with Gasteiger partial charge >= 0.3 is 5.97 Å². The highest BCUT2D eigenvalue weighted by Gasteiger charge is 2.42. The van der Waals surface area contributed by atoms with Crippen LogP contribution in [-0.2, 0) is 15.1 Å². The highest BCUT2D eigenvalue weighted by atomic mass is 35.5. The molecule has 8 heteroatoms. The Kier molecular flexibility index (Phi) is 6.76. The van der Waals surface area contributed by atoms with Gasteiger partial charge in [-0.2, -0.15) is 5.10 Å². The number of carbonyl (C=O) groups is 2. The van der Waals surface area contributed by atoms with E-state index in [0.29, 0.717) is 30.7 Å². The molecular weight excluding hydrogens is 356 g/mol. The zero-order valence-corrected chi connectivity index (χ0v) is 15.4. The number of esters is 1. The molecule has 3 rings (SSSR count). The highest BCUT2D eigenvalue weighted by Crippen LogP contribution is 2.29. The minimum Gasteiger partial charge on any atom is -0.462 e. The van der Waals surface area contributed by atoms with E-state index in [1.807, 2.05) is 12.3 Å². The fourth-order valence-corrected chi connectivity index (χ4v) is 3.11. The fourth-order valence-electron chi connectivity index (χ4n) is 3.11. The number of hydrogen-bond donors (Lipinski definition) is 2. The van der Waals surface area contributed by atoms with Gasteiger partial charge in [-0.05, 0) is 57.1 Å². The normalized spacial score (nSPS) is 15.6. The molecule has 7 nitrogen and oxygen atoms in total. The van der Waals surface area contributed by atoms with Crippen LogP contribution in [0, 0.1) is 0 Å². The third-order valence-corrected chi connectivity index (χ3v) is 4.43. The Labute approximate surface area is 158 Å². The van der Waals surface area contributed by atoms with E-state index in [4.69, 9.17) is 4.74 Å². The van der Waals surface area contributed by atoms with Crippen molar-refractivity contribution in [2.45, 2.75) is 25.3 Å². The van der Waals surface area contributed by atoms with Crippen molar-refractivity contribution < 1.29 is 14.3 Å². The Morgan fingerprint density at radius 2 is 2.08 bits per heavy atom. The van der Waals surface area contributed by atoms with Crippen LogP contribution in [0.5, 0.6) is 0 Å². The molecule has 0 spiro atoms.